The Balaban J connectivity index is 1.62. The highest BCUT2D eigenvalue weighted by molar-refractivity contribution is 7.10. The fourth-order valence-electron chi connectivity index (χ4n) is 3.80. The van der Waals surface area contributed by atoms with Gasteiger partial charge in [-0.1, -0.05) is 6.07 Å². The van der Waals surface area contributed by atoms with Crippen molar-refractivity contribution in [3.8, 4) is 0 Å². The molecule has 28 heavy (non-hydrogen) atoms. The summed E-state index contributed by atoms with van der Waals surface area (Å²) in [7, 11) is 0. The molecule has 2 fully saturated rings. The van der Waals surface area contributed by atoms with Crippen molar-refractivity contribution in [2.45, 2.75) is 31.9 Å². The summed E-state index contributed by atoms with van der Waals surface area (Å²) < 4.78 is 11.2. The van der Waals surface area contributed by atoms with E-state index >= 15 is 0 Å². The maximum Gasteiger partial charge on any atom is 0.191 e. The van der Waals surface area contributed by atoms with Gasteiger partial charge in [0.1, 0.15) is 5.60 Å². The molecule has 2 aliphatic rings. The van der Waals surface area contributed by atoms with E-state index in [2.05, 4.69) is 27.4 Å². The molecule has 0 saturated carbocycles. The fraction of sp³-hybridized carbons (Fsp3) is 0.750. The van der Waals surface area contributed by atoms with Crippen LogP contribution in [-0.2, 0) is 15.1 Å². The zero-order valence-electron chi connectivity index (χ0n) is 17.0. The third-order valence-corrected chi connectivity index (χ3v) is 6.57. The lowest BCUT2D eigenvalue weighted by molar-refractivity contribution is 0.00245. The Labute approximate surface area is 172 Å². The number of nitrogens with zero attached hydrogens (tertiary/aromatic N) is 2. The smallest absolute Gasteiger partial charge is 0.191 e. The lowest BCUT2D eigenvalue weighted by Gasteiger charge is -2.37. The van der Waals surface area contributed by atoms with Crippen LogP contribution in [0.25, 0.3) is 0 Å². The van der Waals surface area contributed by atoms with Crippen LogP contribution in [0.2, 0.25) is 0 Å². The quantitative estimate of drug-likeness (QED) is 0.442. The monoisotopic (exact) mass is 410 g/mol. The standard InChI is InChI=1S/C20H34N4O3S/c1-3-21-19(23-15-20(2,25)18-5-4-12-28-18)22-13-17(16-6-9-27-14-16)24-7-10-26-11-8-24/h4-5,12,16-17,25H,3,6-11,13-15H2,1-2H3,(H2,21,22,23). The second kappa shape index (κ2) is 10.5. The van der Waals surface area contributed by atoms with Gasteiger partial charge in [-0.15, -0.1) is 11.3 Å². The maximum atomic E-state index is 10.8. The first-order chi connectivity index (χ1) is 13.6. The number of rotatable bonds is 8. The van der Waals surface area contributed by atoms with Crippen LogP contribution in [0.15, 0.2) is 22.5 Å². The first-order valence-electron chi connectivity index (χ1n) is 10.3. The zero-order chi connectivity index (χ0) is 19.8. The van der Waals surface area contributed by atoms with Crippen LogP contribution in [0.3, 0.4) is 0 Å². The number of aliphatic hydroxyl groups is 1. The Bertz CT molecular complexity index is 597. The van der Waals surface area contributed by atoms with Gasteiger partial charge in [0, 0.05) is 49.6 Å². The summed E-state index contributed by atoms with van der Waals surface area (Å²) >= 11 is 1.56. The summed E-state index contributed by atoms with van der Waals surface area (Å²) in [6, 6.07) is 4.31. The minimum atomic E-state index is -0.959. The number of guanidine groups is 1. The van der Waals surface area contributed by atoms with E-state index < -0.39 is 5.60 Å². The molecule has 3 atom stereocenters. The van der Waals surface area contributed by atoms with Gasteiger partial charge in [-0.2, -0.15) is 0 Å². The molecule has 0 spiro atoms. The summed E-state index contributed by atoms with van der Waals surface area (Å²) in [6.45, 7) is 11.0. The summed E-state index contributed by atoms with van der Waals surface area (Å²) in [5.74, 6) is 1.28. The average Bonchev–Trinajstić information content (AvgIpc) is 3.41. The number of hydrogen-bond donors (Lipinski definition) is 3. The molecule has 8 heteroatoms. The summed E-state index contributed by atoms with van der Waals surface area (Å²) in [5, 5.41) is 19.5. The van der Waals surface area contributed by atoms with Crippen LogP contribution in [0.1, 0.15) is 25.1 Å². The van der Waals surface area contributed by atoms with Gasteiger partial charge < -0.3 is 25.2 Å². The van der Waals surface area contributed by atoms with Gasteiger partial charge in [-0.3, -0.25) is 4.90 Å². The van der Waals surface area contributed by atoms with Crippen molar-refractivity contribution in [3.63, 3.8) is 0 Å². The number of morpholine rings is 1. The third kappa shape index (κ3) is 5.90. The number of aliphatic imine (C=N–C) groups is 1. The second-order valence-electron chi connectivity index (χ2n) is 7.67. The van der Waals surface area contributed by atoms with Gasteiger partial charge >= 0.3 is 0 Å². The lowest BCUT2D eigenvalue weighted by Crippen LogP contribution is -2.53. The van der Waals surface area contributed by atoms with Gasteiger partial charge in [0.25, 0.3) is 0 Å². The molecular formula is C20H34N4O3S. The van der Waals surface area contributed by atoms with E-state index in [1.165, 1.54) is 0 Å². The summed E-state index contributed by atoms with van der Waals surface area (Å²) in [6.07, 6.45) is 1.10. The maximum absolute atomic E-state index is 10.8. The molecule has 2 aliphatic heterocycles. The van der Waals surface area contributed by atoms with Gasteiger partial charge in [-0.05, 0) is 31.7 Å². The van der Waals surface area contributed by atoms with E-state index in [0.29, 0.717) is 18.5 Å². The minimum Gasteiger partial charge on any atom is -0.383 e. The average molecular weight is 411 g/mol. The number of hydrogen-bond acceptors (Lipinski definition) is 6. The number of nitrogens with one attached hydrogen (secondary N) is 2. The van der Waals surface area contributed by atoms with Crippen LogP contribution >= 0.6 is 11.3 Å². The first-order valence-corrected chi connectivity index (χ1v) is 11.2. The summed E-state index contributed by atoms with van der Waals surface area (Å²) in [4.78, 5) is 8.11. The predicted molar refractivity (Wildman–Crippen MR) is 113 cm³/mol. The molecule has 158 valence electrons. The molecule has 3 rings (SSSR count). The first kappa shape index (κ1) is 21.5. The van der Waals surface area contributed by atoms with Crippen molar-refractivity contribution in [2.24, 2.45) is 10.9 Å². The van der Waals surface area contributed by atoms with E-state index in [0.717, 1.165) is 69.9 Å². The van der Waals surface area contributed by atoms with Crippen molar-refractivity contribution in [3.05, 3.63) is 22.4 Å². The fourth-order valence-corrected chi connectivity index (χ4v) is 4.58. The SMILES string of the molecule is CCNC(=NCC(C)(O)c1cccs1)NCC(C1CCOC1)N1CCOCC1. The highest BCUT2D eigenvalue weighted by Gasteiger charge is 2.31. The van der Waals surface area contributed by atoms with Crippen molar-refractivity contribution in [2.75, 3.05) is 59.2 Å². The molecule has 0 aromatic carbocycles. The normalized spacial score (nSPS) is 24.7. The largest absolute Gasteiger partial charge is 0.383 e. The van der Waals surface area contributed by atoms with Crippen molar-refractivity contribution >= 4 is 17.3 Å². The Morgan fingerprint density at radius 1 is 1.36 bits per heavy atom. The van der Waals surface area contributed by atoms with Gasteiger partial charge in [0.15, 0.2) is 5.96 Å². The molecule has 2 saturated heterocycles. The Morgan fingerprint density at radius 3 is 2.82 bits per heavy atom. The van der Waals surface area contributed by atoms with Crippen LogP contribution < -0.4 is 10.6 Å². The van der Waals surface area contributed by atoms with Gasteiger partial charge in [0.05, 0.1) is 26.4 Å². The third-order valence-electron chi connectivity index (χ3n) is 5.44. The van der Waals surface area contributed by atoms with E-state index in [9.17, 15) is 5.11 Å². The van der Waals surface area contributed by atoms with Gasteiger partial charge in [0.2, 0.25) is 0 Å². The molecule has 0 amide bonds. The highest BCUT2D eigenvalue weighted by atomic mass is 32.1. The van der Waals surface area contributed by atoms with Crippen LogP contribution in [0, 0.1) is 5.92 Å². The van der Waals surface area contributed by atoms with E-state index in [-0.39, 0.29) is 0 Å². The second-order valence-corrected chi connectivity index (χ2v) is 8.61. The molecule has 0 bridgehead atoms. The molecule has 1 aromatic heterocycles. The highest BCUT2D eigenvalue weighted by Crippen LogP contribution is 2.25. The summed E-state index contributed by atoms with van der Waals surface area (Å²) in [5.41, 5.74) is -0.959. The lowest BCUT2D eigenvalue weighted by atomic mass is 9.97. The Kier molecular flexibility index (Phi) is 8.11. The molecule has 1 aromatic rings. The number of ether oxygens (including phenoxy) is 2. The predicted octanol–water partition coefficient (Wildman–Crippen LogP) is 1.25. The van der Waals surface area contributed by atoms with Gasteiger partial charge in [-0.25, -0.2) is 4.99 Å². The number of thiophene rings is 1. The Hall–Kier alpha value is -1.19. The van der Waals surface area contributed by atoms with Crippen LogP contribution in [-0.4, -0.2) is 81.2 Å². The molecule has 0 radical (unpaired) electrons. The van der Waals surface area contributed by atoms with Crippen molar-refractivity contribution < 1.29 is 14.6 Å². The minimum absolute atomic E-state index is 0.317. The van der Waals surface area contributed by atoms with E-state index in [4.69, 9.17) is 9.47 Å². The van der Waals surface area contributed by atoms with Crippen LogP contribution in [0.4, 0.5) is 0 Å². The molecule has 0 aliphatic carbocycles. The molecular weight excluding hydrogens is 376 g/mol. The van der Waals surface area contributed by atoms with E-state index in [1.54, 1.807) is 11.3 Å². The Morgan fingerprint density at radius 2 is 2.18 bits per heavy atom. The van der Waals surface area contributed by atoms with Crippen molar-refractivity contribution in [1.29, 1.82) is 0 Å². The molecule has 3 heterocycles. The zero-order valence-corrected chi connectivity index (χ0v) is 17.8. The topological polar surface area (TPSA) is 78.4 Å². The van der Waals surface area contributed by atoms with E-state index in [1.807, 2.05) is 24.4 Å². The molecule has 7 nitrogen and oxygen atoms in total. The van der Waals surface area contributed by atoms with Crippen molar-refractivity contribution in [1.82, 2.24) is 15.5 Å². The molecule has 3 N–H and O–H groups in total. The molecule has 3 unspecified atom stereocenters. The van der Waals surface area contributed by atoms with Crippen LogP contribution in [0.5, 0.6) is 0 Å².